The molecule has 154 valence electrons. The topological polar surface area (TPSA) is 99.3 Å². The SMILES string of the molecule is N#C/C(=C/N(Cc1ccccc1)c1ccccc1)C(=O)Nc1ccc(Cl)c([N+](=O)[O-])c1. The number of nitrogens with zero attached hydrogens (tertiary/aromatic N) is 3. The zero-order valence-corrected chi connectivity index (χ0v) is 17.0. The lowest BCUT2D eigenvalue weighted by atomic mass is 10.2. The van der Waals surface area contributed by atoms with E-state index in [-0.39, 0.29) is 22.0 Å². The summed E-state index contributed by atoms with van der Waals surface area (Å²) in [4.78, 5) is 24.9. The minimum Gasteiger partial charge on any atom is -0.342 e. The van der Waals surface area contributed by atoms with Crippen molar-refractivity contribution in [3.8, 4) is 6.07 Å². The Labute approximate surface area is 184 Å². The van der Waals surface area contributed by atoms with Crippen molar-refractivity contribution in [2.24, 2.45) is 0 Å². The molecule has 0 heterocycles. The van der Waals surface area contributed by atoms with Crippen molar-refractivity contribution in [1.82, 2.24) is 0 Å². The van der Waals surface area contributed by atoms with Gasteiger partial charge in [0, 0.05) is 30.2 Å². The fourth-order valence-electron chi connectivity index (χ4n) is 2.83. The summed E-state index contributed by atoms with van der Waals surface area (Å²) in [5.74, 6) is -0.687. The maximum absolute atomic E-state index is 12.7. The van der Waals surface area contributed by atoms with Crippen molar-refractivity contribution in [1.29, 1.82) is 5.26 Å². The van der Waals surface area contributed by atoms with Crippen LogP contribution < -0.4 is 10.2 Å². The van der Waals surface area contributed by atoms with Gasteiger partial charge < -0.3 is 10.2 Å². The van der Waals surface area contributed by atoms with Crippen LogP contribution >= 0.6 is 11.6 Å². The molecule has 0 radical (unpaired) electrons. The first-order valence-electron chi connectivity index (χ1n) is 9.21. The Morgan fingerprint density at radius 1 is 1.10 bits per heavy atom. The Morgan fingerprint density at radius 3 is 2.35 bits per heavy atom. The molecule has 0 aliphatic carbocycles. The number of carbonyl (C=O) groups is 1. The predicted octanol–water partition coefficient (Wildman–Crippen LogP) is 5.30. The summed E-state index contributed by atoms with van der Waals surface area (Å²) in [6.45, 7) is 0.440. The number of nitrogens with one attached hydrogen (secondary N) is 1. The third-order valence-electron chi connectivity index (χ3n) is 4.33. The Kier molecular flexibility index (Phi) is 6.99. The summed E-state index contributed by atoms with van der Waals surface area (Å²) >= 11 is 5.81. The smallest absolute Gasteiger partial charge is 0.289 e. The summed E-state index contributed by atoms with van der Waals surface area (Å²) in [5, 5.41) is 23.1. The van der Waals surface area contributed by atoms with E-state index in [1.165, 1.54) is 18.3 Å². The molecule has 1 N–H and O–H groups in total. The minimum atomic E-state index is -0.687. The lowest BCUT2D eigenvalue weighted by Crippen LogP contribution is -2.20. The summed E-state index contributed by atoms with van der Waals surface area (Å²) in [6, 6.07) is 24.8. The predicted molar refractivity (Wildman–Crippen MR) is 119 cm³/mol. The number of hydrogen-bond donors (Lipinski definition) is 1. The monoisotopic (exact) mass is 432 g/mol. The van der Waals surface area contributed by atoms with Crippen molar-refractivity contribution in [2.75, 3.05) is 10.2 Å². The maximum Gasteiger partial charge on any atom is 0.289 e. The van der Waals surface area contributed by atoms with E-state index in [9.17, 15) is 20.2 Å². The van der Waals surface area contributed by atoms with Crippen molar-refractivity contribution >= 4 is 34.6 Å². The number of nitriles is 1. The summed E-state index contributed by atoms with van der Waals surface area (Å²) in [6.07, 6.45) is 1.46. The van der Waals surface area contributed by atoms with Crippen LogP contribution in [-0.2, 0) is 11.3 Å². The third kappa shape index (κ3) is 5.69. The van der Waals surface area contributed by atoms with Gasteiger partial charge in [-0.15, -0.1) is 0 Å². The minimum absolute atomic E-state index is 0.0443. The van der Waals surface area contributed by atoms with Gasteiger partial charge in [0.05, 0.1) is 4.92 Å². The van der Waals surface area contributed by atoms with Crippen LogP contribution in [0.5, 0.6) is 0 Å². The van der Waals surface area contributed by atoms with Crippen LogP contribution in [0.2, 0.25) is 5.02 Å². The quantitative estimate of drug-likeness (QED) is 0.236. The zero-order chi connectivity index (χ0) is 22.2. The molecule has 0 bridgehead atoms. The average Bonchev–Trinajstić information content (AvgIpc) is 2.79. The molecular weight excluding hydrogens is 416 g/mol. The highest BCUT2D eigenvalue weighted by Gasteiger charge is 2.17. The molecule has 3 aromatic carbocycles. The molecule has 0 spiro atoms. The van der Waals surface area contributed by atoms with Crippen molar-refractivity contribution < 1.29 is 9.72 Å². The molecule has 3 aromatic rings. The molecule has 8 heteroatoms. The first-order valence-corrected chi connectivity index (χ1v) is 9.58. The summed E-state index contributed by atoms with van der Waals surface area (Å²) < 4.78 is 0. The van der Waals surface area contributed by atoms with E-state index in [1.54, 1.807) is 4.90 Å². The molecule has 0 unspecified atom stereocenters. The van der Waals surface area contributed by atoms with Crippen LogP contribution in [0, 0.1) is 21.4 Å². The molecule has 0 saturated carbocycles. The molecule has 0 aliphatic rings. The molecular formula is C23H17ClN4O3. The van der Waals surface area contributed by atoms with E-state index in [0.717, 1.165) is 17.3 Å². The number of benzene rings is 3. The van der Waals surface area contributed by atoms with E-state index < -0.39 is 10.8 Å². The van der Waals surface area contributed by atoms with Crippen LogP contribution in [-0.4, -0.2) is 10.8 Å². The number of para-hydroxylation sites is 1. The van der Waals surface area contributed by atoms with E-state index in [0.29, 0.717) is 6.54 Å². The maximum atomic E-state index is 12.7. The number of anilines is 2. The van der Waals surface area contributed by atoms with Gasteiger partial charge >= 0.3 is 0 Å². The first-order chi connectivity index (χ1) is 15.0. The number of nitro benzene ring substituents is 1. The number of hydrogen-bond acceptors (Lipinski definition) is 5. The number of rotatable bonds is 7. The number of nitro groups is 1. The standard InChI is InChI=1S/C23H17ClN4O3/c24-21-12-11-19(13-22(21)28(30)31)26-23(29)18(14-25)16-27(20-9-5-2-6-10-20)15-17-7-3-1-4-8-17/h1-13,16H,15H2,(H,26,29)/b18-16-. The van der Waals surface area contributed by atoms with Gasteiger partial charge in [-0.2, -0.15) is 5.26 Å². The van der Waals surface area contributed by atoms with Crippen molar-refractivity contribution in [2.45, 2.75) is 6.54 Å². The Morgan fingerprint density at radius 2 is 1.74 bits per heavy atom. The van der Waals surface area contributed by atoms with Crippen molar-refractivity contribution in [3.05, 3.63) is 111 Å². The molecule has 0 aromatic heterocycles. The second-order valence-corrected chi connectivity index (χ2v) is 6.89. The Bertz CT molecular complexity index is 1160. The summed E-state index contributed by atoms with van der Waals surface area (Å²) in [5.41, 5.74) is 1.47. The second-order valence-electron chi connectivity index (χ2n) is 6.48. The van der Waals surface area contributed by atoms with Crippen LogP contribution in [0.25, 0.3) is 0 Å². The van der Waals surface area contributed by atoms with Crippen LogP contribution in [0.1, 0.15) is 5.56 Å². The first kappa shape index (κ1) is 21.6. The number of amides is 1. The van der Waals surface area contributed by atoms with Gasteiger partial charge in [0.25, 0.3) is 11.6 Å². The average molecular weight is 433 g/mol. The highest BCUT2D eigenvalue weighted by Crippen LogP contribution is 2.27. The van der Waals surface area contributed by atoms with Crippen LogP contribution in [0.3, 0.4) is 0 Å². The molecule has 0 atom stereocenters. The van der Waals surface area contributed by atoms with Crippen LogP contribution in [0.4, 0.5) is 17.1 Å². The lowest BCUT2D eigenvalue weighted by molar-refractivity contribution is -0.384. The number of halogens is 1. The highest BCUT2D eigenvalue weighted by molar-refractivity contribution is 6.32. The second kappa shape index (κ2) is 10.1. The number of carbonyl (C=O) groups excluding carboxylic acids is 1. The highest BCUT2D eigenvalue weighted by atomic mass is 35.5. The van der Waals surface area contributed by atoms with Gasteiger partial charge in [0.2, 0.25) is 0 Å². The Hall–Kier alpha value is -4.15. The zero-order valence-electron chi connectivity index (χ0n) is 16.2. The van der Waals surface area contributed by atoms with E-state index >= 15 is 0 Å². The molecule has 0 saturated heterocycles. The molecule has 31 heavy (non-hydrogen) atoms. The third-order valence-corrected chi connectivity index (χ3v) is 4.65. The van der Waals surface area contributed by atoms with E-state index in [4.69, 9.17) is 11.6 Å². The molecule has 0 fully saturated rings. The molecule has 1 amide bonds. The van der Waals surface area contributed by atoms with Gasteiger partial charge in [-0.1, -0.05) is 60.1 Å². The molecule has 0 aliphatic heterocycles. The lowest BCUT2D eigenvalue weighted by Gasteiger charge is -2.21. The van der Waals surface area contributed by atoms with Gasteiger partial charge in [-0.05, 0) is 29.8 Å². The fourth-order valence-corrected chi connectivity index (χ4v) is 3.02. The van der Waals surface area contributed by atoms with Gasteiger partial charge in [0.1, 0.15) is 16.7 Å². The van der Waals surface area contributed by atoms with Gasteiger partial charge in [0.15, 0.2) is 0 Å². The van der Waals surface area contributed by atoms with E-state index in [1.807, 2.05) is 66.7 Å². The Balaban J connectivity index is 1.89. The molecule has 7 nitrogen and oxygen atoms in total. The van der Waals surface area contributed by atoms with Gasteiger partial charge in [-0.3, -0.25) is 14.9 Å². The van der Waals surface area contributed by atoms with Crippen LogP contribution in [0.15, 0.2) is 90.6 Å². The largest absolute Gasteiger partial charge is 0.342 e. The normalized spacial score (nSPS) is 10.8. The molecule has 3 rings (SSSR count). The van der Waals surface area contributed by atoms with E-state index in [2.05, 4.69) is 5.32 Å². The van der Waals surface area contributed by atoms with Gasteiger partial charge in [-0.25, -0.2) is 0 Å². The summed E-state index contributed by atoms with van der Waals surface area (Å²) in [7, 11) is 0. The van der Waals surface area contributed by atoms with Crippen molar-refractivity contribution in [3.63, 3.8) is 0 Å². The fraction of sp³-hybridized carbons (Fsp3) is 0.0435.